The van der Waals surface area contributed by atoms with Crippen LogP contribution in [-0.2, 0) is 21.2 Å². The van der Waals surface area contributed by atoms with Crippen LogP contribution in [-0.4, -0.2) is 43.8 Å². The number of benzene rings is 3. The zero-order valence-corrected chi connectivity index (χ0v) is 20.9. The number of carbonyl (C=O) groups excluding carboxylic acids is 1. The molecule has 6 rings (SSSR count). The van der Waals surface area contributed by atoms with Gasteiger partial charge in [-0.3, -0.25) is 9.52 Å². The minimum absolute atomic E-state index is 0.120. The van der Waals surface area contributed by atoms with Gasteiger partial charge in [-0.05, 0) is 59.5 Å². The van der Waals surface area contributed by atoms with Crippen LogP contribution < -0.4 is 14.2 Å². The van der Waals surface area contributed by atoms with Crippen molar-refractivity contribution in [2.75, 3.05) is 24.3 Å². The molecule has 2 aliphatic rings. The highest BCUT2D eigenvalue weighted by Crippen LogP contribution is 2.42. The third-order valence-corrected chi connectivity index (χ3v) is 7.27. The van der Waals surface area contributed by atoms with E-state index in [1.165, 1.54) is 10.9 Å². The molecular formula is C28H25N3O5S. The third-order valence-electron chi connectivity index (χ3n) is 6.66. The number of aromatic nitrogens is 1. The number of sulfonamides is 1. The summed E-state index contributed by atoms with van der Waals surface area (Å²) in [5.74, 6) is 1.25. The van der Waals surface area contributed by atoms with E-state index < -0.39 is 10.0 Å². The molecule has 1 aromatic heterocycles. The first-order valence-electron chi connectivity index (χ1n) is 11.9. The van der Waals surface area contributed by atoms with E-state index in [2.05, 4.69) is 21.8 Å². The number of H-pyrrole nitrogens is 1. The Morgan fingerprint density at radius 3 is 2.65 bits per heavy atom. The molecule has 0 fully saturated rings. The maximum Gasteiger partial charge on any atom is 0.247 e. The maximum atomic E-state index is 13.5. The highest BCUT2D eigenvalue weighted by atomic mass is 32.2. The molecule has 0 bridgehead atoms. The van der Waals surface area contributed by atoms with Gasteiger partial charge in [0.05, 0.1) is 12.3 Å². The molecule has 0 spiro atoms. The van der Waals surface area contributed by atoms with Crippen LogP contribution in [0.3, 0.4) is 0 Å². The van der Waals surface area contributed by atoms with Crippen LogP contribution in [0, 0.1) is 0 Å². The fourth-order valence-electron chi connectivity index (χ4n) is 5.05. The second kappa shape index (κ2) is 9.01. The van der Waals surface area contributed by atoms with Crippen LogP contribution >= 0.6 is 0 Å². The summed E-state index contributed by atoms with van der Waals surface area (Å²) < 4.78 is 36.4. The van der Waals surface area contributed by atoms with Crippen LogP contribution in [0.25, 0.3) is 17.0 Å². The highest BCUT2D eigenvalue weighted by Gasteiger charge is 2.34. The van der Waals surface area contributed by atoms with Crippen molar-refractivity contribution in [3.8, 4) is 11.5 Å². The van der Waals surface area contributed by atoms with E-state index in [0.29, 0.717) is 23.7 Å². The summed E-state index contributed by atoms with van der Waals surface area (Å²) in [5, 5.41) is 1.17. The van der Waals surface area contributed by atoms with Gasteiger partial charge in [0.2, 0.25) is 22.7 Å². The Labute approximate surface area is 214 Å². The van der Waals surface area contributed by atoms with Crippen LogP contribution in [0.1, 0.15) is 28.4 Å². The zero-order chi connectivity index (χ0) is 25.6. The second-order valence-electron chi connectivity index (χ2n) is 9.19. The highest BCUT2D eigenvalue weighted by molar-refractivity contribution is 7.92. The Kier molecular flexibility index (Phi) is 5.64. The average molecular weight is 516 g/mol. The summed E-state index contributed by atoms with van der Waals surface area (Å²) in [6, 6.07) is 20.6. The summed E-state index contributed by atoms with van der Waals surface area (Å²) >= 11 is 0. The van der Waals surface area contributed by atoms with Crippen molar-refractivity contribution in [1.82, 2.24) is 9.88 Å². The van der Waals surface area contributed by atoms with Crippen LogP contribution in [0.5, 0.6) is 11.5 Å². The smallest absolute Gasteiger partial charge is 0.247 e. The van der Waals surface area contributed by atoms with Gasteiger partial charge in [0, 0.05) is 34.9 Å². The predicted octanol–water partition coefficient (Wildman–Crippen LogP) is 4.46. The summed E-state index contributed by atoms with van der Waals surface area (Å²) in [4.78, 5) is 19.0. The van der Waals surface area contributed by atoms with E-state index in [4.69, 9.17) is 9.47 Å². The van der Waals surface area contributed by atoms with E-state index in [0.717, 1.165) is 35.0 Å². The number of hydrogen-bond acceptors (Lipinski definition) is 5. The fraction of sp³-hybridized carbons (Fsp3) is 0.179. The SMILES string of the molecule is CS(=O)(=O)Nc1ccc(C=CC(=O)N2CCc3c([nH]c4ccccc34)C2c2ccc3c(c2)OCO3)cc1. The molecule has 4 aromatic rings. The first kappa shape index (κ1) is 23.2. The van der Waals surface area contributed by atoms with Crippen molar-refractivity contribution in [2.24, 2.45) is 0 Å². The van der Waals surface area contributed by atoms with Gasteiger partial charge in [0.1, 0.15) is 0 Å². The minimum Gasteiger partial charge on any atom is -0.454 e. The van der Waals surface area contributed by atoms with E-state index in [1.54, 1.807) is 36.4 Å². The molecule has 3 heterocycles. The number of nitrogens with zero attached hydrogens (tertiary/aromatic N) is 1. The van der Waals surface area contributed by atoms with E-state index in [1.807, 2.05) is 35.2 Å². The third kappa shape index (κ3) is 4.53. The molecule has 37 heavy (non-hydrogen) atoms. The number of aromatic amines is 1. The number of carbonyl (C=O) groups is 1. The van der Waals surface area contributed by atoms with Gasteiger partial charge in [-0.2, -0.15) is 0 Å². The number of rotatable bonds is 5. The molecule has 0 saturated carbocycles. The van der Waals surface area contributed by atoms with Gasteiger partial charge in [-0.15, -0.1) is 0 Å². The molecule has 188 valence electrons. The topological polar surface area (TPSA) is 101 Å². The lowest BCUT2D eigenvalue weighted by Gasteiger charge is -2.35. The quantitative estimate of drug-likeness (QED) is 0.383. The molecule has 1 atom stereocenters. The minimum atomic E-state index is -3.35. The maximum absolute atomic E-state index is 13.5. The number of fused-ring (bicyclic) bond motifs is 4. The molecule has 3 aromatic carbocycles. The van der Waals surface area contributed by atoms with Crippen molar-refractivity contribution in [1.29, 1.82) is 0 Å². The van der Waals surface area contributed by atoms with Crippen molar-refractivity contribution >= 4 is 38.6 Å². The lowest BCUT2D eigenvalue weighted by Crippen LogP contribution is -2.39. The molecule has 0 saturated heterocycles. The first-order valence-corrected chi connectivity index (χ1v) is 13.8. The van der Waals surface area contributed by atoms with E-state index >= 15 is 0 Å². The molecule has 8 nitrogen and oxygen atoms in total. The molecule has 1 amide bonds. The van der Waals surface area contributed by atoms with Gasteiger partial charge < -0.3 is 19.4 Å². The molecule has 0 aliphatic carbocycles. The van der Waals surface area contributed by atoms with Gasteiger partial charge >= 0.3 is 0 Å². The van der Waals surface area contributed by atoms with Crippen LogP contribution in [0.15, 0.2) is 72.8 Å². The standard InChI is InChI=1S/C28H25N3O5S/c1-37(33,34)30-20-10-6-18(7-11-20)8-13-26(32)31-15-14-22-21-4-2-3-5-23(21)29-27(22)28(31)19-9-12-24-25(16-19)36-17-35-24/h2-13,16,28-30H,14-15,17H2,1H3. The van der Waals surface area contributed by atoms with Crippen molar-refractivity contribution < 1.29 is 22.7 Å². The number of anilines is 1. The van der Waals surface area contributed by atoms with Gasteiger partial charge in [-0.25, -0.2) is 8.42 Å². The van der Waals surface area contributed by atoms with Crippen LogP contribution in [0.4, 0.5) is 5.69 Å². The van der Waals surface area contributed by atoms with Crippen molar-refractivity contribution in [2.45, 2.75) is 12.5 Å². The Hall–Kier alpha value is -4.24. The van der Waals surface area contributed by atoms with E-state index in [-0.39, 0.29) is 18.7 Å². The number of para-hydroxylation sites is 1. The molecule has 2 N–H and O–H groups in total. The van der Waals surface area contributed by atoms with Gasteiger partial charge in [-0.1, -0.05) is 36.4 Å². The molecule has 0 radical (unpaired) electrons. The van der Waals surface area contributed by atoms with Crippen LogP contribution in [0.2, 0.25) is 0 Å². The average Bonchev–Trinajstić information content (AvgIpc) is 3.50. The number of hydrogen-bond donors (Lipinski definition) is 2. The number of amides is 1. The number of nitrogens with one attached hydrogen (secondary N) is 2. The van der Waals surface area contributed by atoms with Crippen molar-refractivity contribution in [3.05, 3.63) is 95.2 Å². The van der Waals surface area contributed by atoms with E-state index in [9.17, 15) is 13.2 Å². The van der Waals surface area contributed by atoms with Gasteiger partial charge in [0.15, 0.2) is 11.5 Å². The molecule has 2 aliphatic heterocycles. The predicted molar refractivity (Wildman–Crippen MR) is 142 cm³/mol. The summed E-state index contributed by atoms with van der Waals surface area (Å²) in [6.45, 7) is 0.749. The lowest BCUT2D eigenvalue weighted by atomic mass is 9.92. The lowest BCUT2D eigenvalue weighted by molar-refractivity contribution is -0.128. The Morgan fingerprint density at radius 2 is 1.84 bits per heavy atom. The molecule has 1 unspecified atom stereocenters. The monoisotopic (exact) mass is 515 g/mol. The molecular weight excluding hydrogens is 490 g/mol. The second-order valence-corrected chi connectivity index (χ2v) is 10.9. The summed E-state index contributed by atoms with van der Waals surface area (Å²) in [7, 11) is -3.35. The zero-order valence-electron chi connectivity index (χ0n) is 20.1. The largest absolute Gasteiger partial charge is 0.454 e. The Morgan fingerprint density at radius 1 is 1.05 bits per heavy atom. The molecule has 9 heteroatoms. The summed E-state index contributed by atoms with van der Waals surface area (Å²) in [6.07, 6.45) is 5.15. The Balaban J connectivity index is 1.33. The van der Waals surface area contributed by atoms with Gasteiger partial charge in [0.25, 0.3) is 0 Å². The fourth-order valence-corrected chi connectivity index (χ4v) is 5.61. The van der Waals surface area contributed by atoms with Crippen molar-refractivity contribution in [3.63, 3.8) is 0 Å². The first-order chi connectivity index (χ1) is 17.9. The number of ether oxygens (including phenoxy) is 2. The normalized spacial score (nSPS) is 16.8. The summed E-state index contributed by atoms with van der Waals surface area (Å²) in [5.41, 5.74) is 5.47. The Bertz CT molecular complexity index is 1640.